The lowest BCUT2D eigenvalue weighted by Crippen LogP contribution is -2.39. The van der Waals surface area contributed by atoms with Gasteiger partial charge in [0.05, 0.1) is 11.6 Å². The predicted molar refractivity (Wildman–Crippen MR) is 77.8 cm³/mol. The van der Waals surface area contributed by atoms with Gasteiger partial charge in [0.1, 0.15) is 0 Å². The molecule has 0 aliphatic heterocycles. The molecule has 1 amide bonds. The van der Waals surface area contributed by atoms with Gasteiger partial charge in [-0.1, -0.05) is 31.2 Å². The van der Waals surface area contributed by atoms with Gasteiger partial charge in [0, 0.05) is 6.42 Å². The third kappa shape index (κ3) is 4.53. The van der Waals surface area contributed by atoms with Gasteiger partial charge in [-0.05, 0) is 31.9 Å². The first-order valence-electron chi connectivity index (χ1n) is 6.67. The fourth-order valence-electron chi connectivity index (χ4n) is 1.61. The van der Waals surface area contributed by atoms with E-state index in [0.29, 0.717) is 5.56 Å². The summed E-state index contributed by atoms with van der Waals surface area (Å²) in [5.74, 6) is -0.713. The molecule has 1 aromatic rings. The number of nitrogens with zero attached hydrogens (tertiary/aromatic N) is 1. The monoisotopic (exact) mass is 275 g/mol. The van der Waals surface area contributed by atoms with Crippen LogP contribution in [0.5, 0.6) is 0 Å². The Morgan fingerprint density at radius 3 is 2.35 bits per heavy atom. The molecular formula is C16H21NO3. The first-order valence-corrected chi connectivity index (χ1v) is 6.67. The van der Waals surface area contributed by atoms with Gasteiger partial charge < -0.3 is 4.84 Å². The molecule has 0 bridgehead atoms. The van der Waals surface area contributed by atoms with E-state index in [9.17, 15) is 9.59 Å². The van der Waals surface area contributed by atoms with Crippen LogP contribution in [0, 0.1) is 5.92 Å². The van der Waals surface area contributed by atoms with E-state index in [4.69, 9.17) is 4.84 Å². The maximum absolute atomic E-state index is 12.1. The third-order valence-corrected chi connectivity index (χ3v) is 2.80. The predicted octanol–water partition coefficient (Wildman–Crippen LogP) is 3.21. The Hall–Kier alpha value is -2.10. The SMILES string of the molecule is C=CC(C)CC(=O)N(OC(=O)c1ccccc1)C(C)C. The third-order valence-electron chi connectivity index (χ3n) is 2.80. The summed E-state index contributed by atoms with van der Waals surface area (Å²) in [4.78, 5) is 29.3. The molecule has 0 saturated heterocycles. The van der Waals surface area contributed by atoms with Gasteiger partial charge in [-0.25, -0.2) is 4.79 Å². The van der Waals surface area contributed by atoms with Gasteiger partial charge in [0.15, 0.2) is 0 Å². The van der Waals surface area contributed by atoms with Crippen molar-refractivity contribution < 1.29 is 14.4 Å². The lowest BCUT2D eigenvalue weighted by atomic mass is 10.1. The molecule has 1 unspecified atom stereocenters. The van der Waals surface area contributed by atoms with Gasteiger partial charge in [0.25, 0.3) is 5.91 Å². The van der Waals surface area contributed by atoms with E-state index in [-0.39, 0.29) is 24.3 Å². The zero-order valence-electron chi connectivity index (χ0n) is 12.2. The van der Waals surface area contributed by atoms with E-state index in [2.05, 4.69) is 6.58 Å². The molecule has 1 rings (SSSR count). The minimum Gasteiger partial charge on any atom is -0.332 e. The molecular weight excluding hydrogens is 254 g/mol. The van der Waals surface area contributed by atoms with E-state index >= 15 is 0 Å². The Bertz CT molecular complexity index is 468. The topological polar surface area (TPSA) is 46.6 Å². The van der Waals surface area contributed by atoms with Crippen LogP contribution in [-0.2, 0) is 9.63 Å². The van der Waals surface area contributed by atoms with Crippen LogP contribution >= 0.6 is 0 Å². The zero-order chi connectivity index (χ0) is 15.1. The number of hydrogen-bond donors (Lipinski definition) is 0. The first kappa shape index (κ1) is 16.0. The molecule has 4 nitrogen and oxygen atoms in total. The second-order valence-corrected chi connectivity index (χ2v) is 4.98. The number of benzene rings is 1. The lowest BCUT2D eigenvalue weighted by Gasteiger charge is -2.25. The quantitative estimate of drug-likeness (QED) is 0.612. The van der Waals surface area contributed by atoms with Crippen molar-refractivity contribution in [2.24, 2.45) is 5.92 Å². The van der Waals surface area contributed by atoms with Crippen LogP contribution in [0.25, 0.3) is 0 Å². The van der Waals surface area contributed by atoms with Gasteiger partial charge in [-0.2, -0.15) is 5.06 Å². The fourth-order valence-corrected chi connectivity index (χ4v) is 1.61. The molecule has 1 atom stereocenters. The fraction of sp³-hybridized carbons (Fsp3) is 0.375. The molecule has 0 saturated carbocycles. The van der Waals surface area contributed by atoms with Crippen molar-refractivity contribution in [3.8, 4) is 0 Å². The molecule has 0 aromatic heterocycles. The molecule has 0 N–H and O–H groups in total. The van der Waals surface area contributed by atoms with E-state index in [1.807, 2.05) is 13.0 Å². The Labute approximate surface area is 120 Å². The minimum absolute atomic E-state index is 0.0409. The van der Waals surface area contributed by atoms with Crippen LogP contribution in [0.3, 0.4) is 0 Å². The second-order valence-electron chi connectivity index (χ2n) is 4.98. The van der Waals surface area contributed by atoms with E-state index in [0.717, 1.165) is 5.06 Å². The largest absolute Gasteiger partial charge is 0.363 e. The van der Waals surface area contributed by atoms with Gasteiger partial charge in [0.2, 0.25) is 0 Å². The van der Waals surface area contributed by atoms with Crippen molar-refractivity contribution in [1.29, 1.82) is 0 Å². The highest BCUT2D eigenvalue weighted by molar-refractivity contribution is 5.90. The maximum atomic E-state index is 12.1. The van der Waals surface area contributed by atoms with Gasteiger partial charge in [-0.3, -0.25) is 4.79 Å². The smallest absolute Gasteiger partial charge is 0.332 e. The number of carbonyl (C=O) groups is 2. The first-order chi connectivity index (χ1) is 9.45. The van der Waals surface area contributed by atoms with E-state index < -0.39 is 5.97 Å². The van der Waals surface area contributed by atoms with Crippen molar-refractivity contribution >= 4 is 11.9 Å². The molecule has 0 heterocycles. The van der Waals surface area contributed by atoms with Crippen LogP contribution in [0.4, 0.5) is 0 Å². The van der Waals surface area contributed by atoms with Crippen molar-refractivity contribution in [2.75, 3.05) is 0 Å². The number of rotatable bonds is 5. The molecule has 108 valence electrons. The van der Waals surface area contributed by atoms with Crippen molar-refractivity contribution in [1.82, 2.24) is 5.06 Å². The zero-order valence-corrected chi connectivity index (χ0v) is 12.2. The van der Waals surface area contributed by atoms with Crippen molar-refractivity contribution in [2.45, 2.75) is 33.2 Å². The highest BCUT2D eigenvalue weighted by Gasteiger charge is 2.23. The van der Waals surface area contributed by atoms with E-state index in [1.165, 1.54) is 0 Å². The Morgan fingerprint density at radius 2 is 1.85 bits per heavy atom. The van der Waals surface area contributed by atoms with E-state index in [1.54, 1.807) is 44.2 Å². The molecule has 0 fully saturated rings. The maximum Gasteiger partial charge on any atom is 0.363 e. The standard InChI is InChI=1S/C16H21NO3/c1-5-13(4)11-15(18)17(12(2)3)20-16(19)14-9-7-6-8-10-14/h5-10,12-13H,1,11H2,2-4H3. The van der Waals surface area contributed by atoms with Crippen LogP contribution in [-0.4, -0.2) is 23.0 Å². The molecule has 0 radical (unpaired) electrons. The summed E-state index contributed by atoms with van der Waals surface area (Å²) in [7, 11) is 0. The van der Waals surface area contributed by atoms with Gasteiger partial charge >= 0.3 is 5.97 Å². The van der Waals surface area contributed by atoms with Crippen molar-refractivity contribution in [3.05, 3.63) is 48.6 Å². The summed E-state index contributed by atoms with van der Waals surface area (Å²) in [6.45, 7) is 9.14. The average Bonchev–Trinajstić information content (AvgIpc) is 2.44. The molecule has 0 spiro atoms. The molecule has 20 heavy (non-hydrogen) atoms. The second kappa shape index (κ2) is 7.48. The van der Waals surface area contributed by atoms with Crippen LogP contribution in [0.1, 0.15) is 37.6 Å². The van der Waals surface area contributed by atoms with Crippen LogP contribution in [0.2, 0.25) is 0 Å². The normalized spacial score (nSPS) is 11.8. The Kier molecular flexibility index (Phi) is 5.97. The molecule has 0 aliphatic carbocycles. The van der Waals surface area contributed by atoms with Gasteiger partial charge in [-0.15, -0.1) is 6.58 Å². The summed E-state index contributed by atoms with van der Waals surface area (Å²) in [5.41, 5.74) is 0.419. The average molecular weight is 275 g/mol. The minimum atomic E-state index is -0.529. The molecule has 0 aliphatic rings. The van der Waals surface area contributed by atoms with Crippen LogP contribution in [0.15, 0.2) is 43.0 Å². The van der Waals surface area contributed by atoms with Crippen molar-refractivity contribution in [3.63, 3.8) is 0 Å². The number of allylic oxidation sites excluding steroid dienone is 1. The summed E-state index contributed by atoms with van der Waals surface area (Å²) in [5, 5.41) is 1.13. The lowest BCUT2D eigenvalue weighted by molar-refractivity contribution is -0.175. The molecule has 1 aromatic carbocycles. The van der Waals surface area contributed by atoms with Crippen LogP contribution < -0.4 is 0 Å². The number of amides is 1. The highest BCUT2D eigenvalue weighted by atomic mass is 16.7. The summed E-state index contributed by atoms with van der Waals surface area (Å²) < 4.78 is 0. The number of hydroxylamine groups is 2. The Morgan fingerprint density at radius 1 is 1.25 bits per heavy atom. The summed E-state index contributed by atoms with van der Waals surface area (Å²) in [6.07, 6.45) is 1.97. The number of carbonyl (C=O) groups excluding carboxylic acids is 2. The Balaban J connectivity index is 2.75. The summed E-state index contributed by atoms with van der Waals surface area (Å²) >= 11 is 0. The molecule has 4 heteroatoms. The number of hydrogen-bond acceptors (Lipinski definition) is 3. The summed E-state index contributed by atoms with van der Waals surface area (Å²) in [6, 6.07) is 8.39. The highest BCUT2D eigenvalue weighted by Crippen LogP contribution is 2.12.